The van der Waals surface area contributed by atoms with Gasteiger partial charge in [0.25, 0.3) is 0 Å². The van der Waals surface area contributed by atoms with E-state index in [1.807, 2.05) is 31.0 Å². The first kappa shape index (κ1) is 12.3. The molecular formula is C12H16N4O2. The van der Waals surface area contributed by atoms with E-state index in [2.05, 4.69) is 10.1 Å². The van der Waals surface area contributed by atoms with Crippen LogP contribution in [-0.2, 0) is 11.2 Å². The quantitative estimate of drug-likeness (QED) is 0.878. The maximum atomic E-state index is 10.9. The van der Waals surface area contributed by atoms with Gasteiger partial charge in [0.05, 0.1) is 17.8 Å². The van der Waals surface area contributed by atoms with Crippen LogP contribution in [0.5, 0.6) is 0 Å². The Morgan fingerprint density at radius 2 is 2.22 bits per heavy atom. The van der Waals surface area contributed by atoms with Crippen LogP contribution in [-0.4, -0.2) is 39.3 Å². The second kappa shape index (κ2) is 4.64. The van der Waals surface area contributed by atoms with Gasteiger partial charge in [-0.05, 0) is 26.0 Å². The van der Waals surface area contributed by atoms with E-state index in [0.29, 0.717) is 17.0 Å². The summed E-state index contributed by atoms with van der Waals surface area (Å²) in [4.78, 5) is 17.2. The van der Waals surface area contributed by atoms with Crippen molar-refractivity contribution in [1.29, 1.82) is 0 Å². The molecule has 0 aliphatic heterocycles. The second-order valence-electron chi connectivity index (χ2n) is 4.19. The normalized spacial score (nSPS) is 10.8. The number of fused-ring (bicyclic) bond motifs is 1. The van der Waals surface area contributed by atoms with Gasteiger partial charge >= 0.3 is 5.97 Å². The summed E-state index contributed by atoms with van der Waals surface area (Å²) in [5.74, 6) is -0.0787. The fraction of sp³-hybridized carbons (Fsp3) is 0.417. The summed E-state index contributed by atoms with van der Waals surface area (Å²) < 4.78 is 1.62. The number of aromatic nitrogens is 3. The predicted molar refractivity (Wildman–Crippen MR) is 68.0 cm³/mol. The van der Waals surface area contributed by atoms with Crippen LogP contribution in [0.1, 0.15) is 18.3 Å². The first-order valence-corrected chi connectivity index (χ1v) is 5.81. The fourth-order valence-electron chi connectivity index (χ4n) is 1.79. The smallest absolute Gasteiger partial charge is 0.309 e. The molecular weight excluding hydrogens is 232 g/mol. The molecule has 2 aromatic heterocycles. The number of carbonyl (C=O) groups is 1. The number of imidazole rings is 1. The average molecular weight is 248 g/mol. The maximum absolute atomic E-state index is 10.9. The number of nitrogens with zero attached hydrogens (tertiary/aromatic N) is 4. The zero-order chi connectivity index (χ0) is 13.3. The number of hydrogen-bond acceptors (Lipinski definition) is 4. The Labute approximate surface area is 105 Å². The molecule has 2 rings (SSSR count). The third-order valence-electron chi connectivity index (χ3n) is 2.94. The van der Waals surface area contributed by atoms with E-state index < -0.39 is 5.97 Å². The molecule has 1 N–H and O–H groups in total. The summed E-state index contributed by atoms with van der Waals surface area (Å²) >= 11 is 0. The molecule has 0 spiro atoms. The van der Waals surface area contributed by atoms with Gasteiger partial charge in [-0.3, -0.25) is 4.79 Å². The maximum Gasteiger partial charge on any atom is 0.309 e. The lowest BCUT2D eigenvalue weighted by Crippen LogP contribution is -2.18. The Balaban J connectivity index is 2.55. The van der Waals surface area contributed by atoms with Crippen LogP contribution in [0.4, 0.5) is 5.82 Å². The van der Waals surface area contributed by atoms with Crippen molar-refractivity contribution in [3.63, 3.8) is 0 Å². The number of aryl methyl sites for hydroxylation is 1. The van der Waals surface area contributed by atoms with Crippen LogP contribution in [0.15, 0.2) is 12.1 Å². The van der Waals surface area contributed by atoms with Gasteiger partial charge in [-0.2, -0.15) is 0 Å². The van der Waals surface area contributed by atoms with Gasteiger partial charge in [-0.1, -0.05) is 0 Å². The number of carboxylic acid groups (broad SMARTS) is 1. The van der Waals surface area contributed by atoms with Crippen LogP contribution in [0.2, 0.25) is 0 Å². The summed E-state index contributed by atoms with van der Waals surface area (Å²) in [5, 5.41) is 13.4. The van der Waals surface area contributed by atoms with Gasteiger partial charge in [0, 0.05) is 13.6 Å². The van der Waals surface area contributed by atoms with Crippen molar-refractivity contribution in [2.45, 2.75) is 20.3 Å². The van der Waals surface area contributed by atoms with Crippen molar-refractivity contribution in [3.8, 4) is 0 Å². The zero-order valence-electron chi connectivity index (χ0n) is 10.7. The van der Waals surface area contributed by atoms with Crippen molar-refractivity contribution in [3.05, 3.63) is 23.5 Å². The molecule has 2 heterocycles. The molecule has 0 bridgehead atoms. The Hall–Kier alpha value is -2.11. The van der Waals surface area contributed by atoms with Crippen molar-refractivity contribution < 1.29 is 9.90 Å². The Morgan fingerprint density at radius 3 is 2.83 bits per heavy atom. The first-order chi connectivity index (χ1) is 8.52. The monoisotopic (exact) mass is 248 g/mol. The molecule has 0 radical (unpaired) electrons. The predicted octanol–water partition coefficient (Wildman–Crippen LogP) is 1.12. The highest BCUT2D eigenvalue weighted by molar-refractivity contribution is 5.70. The number of rotatable bonds is 4. The summed E-state index contributed by atoms with van der Waals surface area (Å²) in [6.45, 7) is 4.67. The summed E-state index contributed by atoms with van der Waals surface area (Å²) in [7, 11) is 1.94. The third kappa shape index (κ3) is 2.13. The van der Waals surface area contributed by atoms with E-state index in [9.17, 15) is 4.79 Å². The van der Waals surface area contributed by atoms with Crippen LogP contribution in [0.25, 0.3) is 5.65 Å². The highest BCUT2D eigenvalue weighted by atomic mass is 16.4. The van der Waals surface area contributed by atoms with Crippen LogP contribution < -0.4 is 4.90 Å². The molecule has 6 nitrogen and oxygen atoms in total. The molecule has 6 heteroatoms. The topological polar surface area (TPSA) is 70.7 Å². The van der Waals surface area contributed by atoms with Crippen LogP contribution in [0, 0.1) is 6.92 Å². The summed E-state index contributed by atoms with van der Waals surface area (Å²) in [5.41, 5.74) is 2.02. The molecule has 0 aliphatic carbocycles. The van der Waals surface area contributed by atoms with Gasteiger partial charge in [0.1, 0.15) is 5.82 Å². The molecule has 0 unspecified atom stereocenters. The molecule has 96 valence electrons. The highest BCUT2D eigenvalue weighted by Gasteiger charge is 2.14. The number of aliphatic carboxylic acids is 1. The third-order valence-corrected chi connectivity index (χ3v) is 2.94. The van der Waals surface area contributed by atoms with Crippen molar-refractivity contribution >= 4 is 17.4 Å². The molecule has 0 fully saturated rings. The molecule has 18 heavy (non-hydrogen) atoms. The lowest BCUT2D eigenvalue weighted by molar-refractivity contribution is -0.136. The van der Waals surface area contributed by atoms with Gasteiger partial charge in [0.2, 0.25) is 0 Å². The SMILES string of the molecule is CCN(C)c1ccc2nc(C)c(CC(=O)O)n2n1. The summed E-state index contributed by atoms with van der Waals surface area (Å²) in [6, 6.07) is 3.74. The van der Waals surface area contributed by atoms with Crippen LogP contribution >= 0.6 is 0 Å². The first-order valence-electron chi connectivity index (χ1n) is 5.81. The lowest BCUT2D eigenvalue weighted by atomic mass is 10.3. The van der Waals surface area contributed by atoms with E-state index in [1.165, 1.54) is 0 Å². The lowest BCUT2D eigenvalue weighted by Gasteiger charge is -2.15. The standard InChI is InChI=1S/C12H16N4O2/c1-4-15(3)11-6-5-10-13-8(2)9(7-12(17)18)16(10)14-11/h5-6H,4,7H2,1-3H3,(H,17,18). The average Bonchev–Trinajstić information content (AvgIpc) is 2.64. The van der Waals surface area contributed by atoms with Gasteiger partial charge in [-0.15, -0.1) is 5.10 Å². The Bertz CT molecular complexity index is 591. The van der Waals surface area contributed by atoms with E-state index >= 15 is 0 Å². The van der Waals surface area contributed by atoms with Crippen molar-refractivity contribution in [2.75, 3.05) is 18.5 Å². The molecule has 0 atom stereocenters. The number of carboxylic acids is 1. The molecule has 2 aromatic rings. The molecule has 0 saturated heterocycles. The van der Waals surface area contributed by atoms with E-state index in [0.717, 1.165) is 12.4 Å². The van der Waals surface area contributed by atoms with Gasteiger partial charge in [0.15, 0.2) is 5.65 Å². The van der Waals surface area contributed by atoms with E-state index in [-0.39, 0.29) is 6.42 Å². The minimum Gasteiger partial charge on any atom is -0.481 e. The highest BCUT2D eigenvalue weighted by Crippen LogP contribution is 2.15. The Morgan fingerprint density at radius 1 is 1.50 bits per heavy atom. The fourth-order valence-corrected chi connectivity index (χ4v) is 1.79. The zero-order valence-corrected chi connectivity index (χ0v) is 10.7. The number of hydrogen-bond donors (Lipinski definition) is 1. The van der Waals surface area contributed by atoms with Crippen LogP contribution in [0.3, 0.4) is 0 Å². The Kier molecular flexibility index (Phi) is 3.18. The van der Waals surface area contributed by atoms with Crippen molar-refractivity contribution in [2.24, 2.45) is 0 Å². The van der Waals surface area contributed by atoms with E-state index in [1.54, 1.807) is 11.4 Å². The minimum atomic E-state index is -0.879. The summed E-state index contributed by atoms with van der Waals surface area (Å²) in [6.07, 6.45) is -0.0701. The van der Waals surface area contributed by atoms with E-state index in [4.69, 9.17) is 5.11 Å². The molecule has 0 saturated carbocycles. The molecule has 0 aliphatic rings. The molecule has 0 aromatic carbocycles. The largest absolute Gasteiger partial charge is 0.481 e. The number of anilines is 1. The molecule has 0 amide bonds. The minimum absolute atomic E-state index is 0.0701. The van der Waals surface area contributed by atoms with Gasteiger partial charge < -0.3 is 10.0 Å². The van der Waals surface area contributed by atoms with Crippen molar-refractivity contribution in [1.82, 2.24) is 14.6 Å². The second-order valence-corrected chi connectivity index (χ2v) is 4.19. The van der Waals surface area contributed by atoms with Gasteiger partial charge in [-0.25, -0.2) is 9.50 Å².